The topological polar surface area (TPSA) is 87.7 Å². The van der Waals surface area contributed by atoms with E-state index in [1.54, 1.807) is 0 Å². The fourth-order valence-electron chi connectivity index (χ4n) is 2.44. The Morgan fingerprint density at radius 1 is 1.35 bits per heavy atom. The van der Waals surface area contributed by atoms with E-state index in [0.717, 1.165) is 39.1 Å². The van der Waals surface area contributed by atoms with Gasteiger partial charge in [-0.3, -0.25) is 0 Å². The highest BCUT2D eigenvalue weighted by Gasteiger charge is 2.16. The van der Waals surface area contributed by atoms with Crippen molar-refractivity contribution >= 4 is 16.0 Å². The average Bonchev–Trinajstić information content (AvgIpc) is 2.59. The maximum atomic E-state index is 12.3. The zero-order chi connectivity index (χ0) is 16.7. The Bertz CT molecular complexity index is 627. The number of hydrogen-bond acceptors (Lipinski definition) is 6. The van der Waals surface area contributed by atoms with Crippen molar-refractivity contribution < 1.29 is 17.9 Å². The zero-order valence-electron chi connectivity index (χ0n) is 13.2. The molecule has 1 aromatic carbocycles. The van der Waals surface area contributed by atoms with E-state index in [1.165, 1.54) is 31.4 Å². The molecule has 0 bridgehead atoms. The number of nitrogens with one attached hydrogen (secondary N) is 2. The lowest BCUT2D eigenvalue weighted by Gasteiger charge is -2.27. The molecule has 0 unspecified atom stereocenters. The van der Waals surface area contributed by atoms with Crippen molar-refractivity contribution in [1.82, 2.24) is 14.9 Å². The molecule has 0 aliphatic carbocycles. The third-order valence-corrected chi connectivity index (χ3v) is 5.18. The summed E-state index contributed by atoms with van der Waals surface area (Å²) in [7, 11) is -2.35. The molecule has 23 heavy (non-hydrogen) atoms. The summed E-state index contributed by atoms with van der Waals surface area (Å²) >= 11 is 0. The quantitative estimate of drug-likeness (QED) is 0.538. The van der Waals surface area contributed by atoms with Gasteiger partial charge >= 0.3 is 5.97 Å². The van der Waals surface area contributed by atoms with Crippen LogP contribution < -0.4 is 10.0 Å². The number of carbonyl (C=O) groups is 1. The molecule has 1 saturated heterocycles. The lowest BCUT2D eigenvalue weighted by atomic mass is 10.2. The Labute approximate surface area is 137 Å². The summed E-state index contributed by atoms with van der Waals surface area (Å²) in [6, 6.07) is 5.84. The molecule has 8 heteroatoms. The molecule has 0 spiro atoms. The first-order chi connectivity index (χ1) is 11.0. The number of hydrogen-bond donors (Lipinski definition) is 2. The molecule has 1 aromatic rings. The van der Waals surface area contributed by atoms with Gasteiger partial charge in [0, 0.05) is 32.7 Å². The number of benzene rings is 1. The number of methoxy groups -OCH3 is 1. The lowest BCUT2D eigenvalue weighted by Crippen LogP contribution is -2.44. The smallest absolute Gasteiger partial charge is 0.337 e. The highest BCUT2D eigenvalue weighted by atomic mass is 32.2. The maximum absolute atomic E-state index is 12.3. The van der Waals surface area contributed by atoms with E-state index in [4.69, 9.17) is 0 Å². The highest BCUT2D eigenvalue weighted by Crippen LogP contribution is 2.12. The SMILES string of the molecule is COC(=O)c1cccc(S(=O)(=O)NCCCN2CCNCC2)c1. The summed E-state index contributed by atoms with van der Waals surface area (Å²) in [6.45, 7) is 5.18. The molecule has 0 aromatic heterocycles. The number of nitrogens with zero attached hydrogens (tertiary/aromatic N) is 1. The van der Waals surface area contributed by atoms with E-state index in [9.17, 15) is 13.2 Å². The van der Waals surface area contributed by atoms with E-state index in [2.05, 4.69) is 19.7 Å². The summed E-state index contributed by atoms with van der Waals surface area (Å²) in [4.78, 5) is 13.9. The summed E-state index contributed by atoms with van der Waals surface area (Å²) in [5, 5.41) is 3.28. The van der Waals surface area contributed by atoms with Crippen molar-refractivity contribution in [2.45, 2.75) is 11.3 Å². The molecular weight excluding hydrogens is 318 g/mol. The van der Waals surface area contributed by atoms with Crippen LogP contribution in [0.5, 0.6) is 0 Å². The van der Waals surface area contributed by atoms with E-state index in [0.29, 0.717) is 6.54 Å². The van der Waals surface area contributed by atoms with E-state index in [-0.39, 0.29) is 10.5 Å². The molecule has 128 valence electrons. The number of ether oxygens (including phenoxy) is 1. The van der Waals surface area contributed by atoms with Crippen molar-refractivity contribution in [2.24, 2.45) is 0 Å². The van der Waals surface area contributed by atoms with E-state index in [1.807, 2.05) is 0 Å². The van der Waals surface area contributed by atoms with E-state index < -0.39 is 16.0 Å². The summed E-state index contributed by atoms with van der Waals surface area (Å²) in [6.07, 6.45) is 0.746. The fourth-order valence-corrected chi connectivity index (χ4v) is 3.55. The summed E-state index contributed by atoms with van der Waals surface area (Å²) in [5.74, 6) is -0.555. The number of esters is 1. The molecule has 1 heterocycles. The van der Waals surface area contributed by atoms with Crippen LogP contribution in [0, 0.1) is 0 Å². The first kappa shape index (κ1) is 17.9. The van der Waals surface area contributed by atoms with Gasteiger partial charge in [0.25, 0.3) is 0 Å². The number of piperazine rings is 1. The van der Waals surface area contributed by atoms with E-state index >= 15 is 0 Å². The number of rotatable bonds is 7. The van der Waals surface area contributed by atoms with Crippen molar-refractivity contribution in [3.63, 3.8) is 0 Å². The van der Waals surface area contributed by atoms with Gasteiger partial charge < -0.3 is 15.0 Å². The Hall–Kier alpha value is -1.48. The molecule has 1 aliphatic heterocycles. The summed E-state index contributed by atoms with van der Waals surface area (Å²) in [5.41, 5.74) is 0.219. The van der Waals surface area contributed by atoms with Gasteiger partial charge in [0.2, 0.25) is 10.0 Å². The van der Waals surface area contributed by atoms with Crippen LogP contribution >= 0.6 is 0 Å². The van der Waals surface area contributed by atoms with Crippen LogP contribution in [0.4, 0.5) is 0 Å². The molecule has 2 N–H and O–H groups in total. The van der Waals surface area contributed by atoms with Crippen LogP contribution in [0.15, 0.2) is 29.2 Å². The van der Waals surface area contributed by atoms with Gasteiger partial charge in [-0.2, -0.15) is 0 Å². The van der Waals surface area contributed by atoms with Gasteiger partial charge in [0.05, 0.1) is 17.6 Å². The first-order valence-corrected chi connectivity index (χ1v) is 9.12. The van der Waals surface area contributed by atoms with Crippen LogP contribution in [0.25, 0.3) is 0 Å². The molecule has 0 radical (unpaired) electrons. The second-order valence-corrected chi connectivity index (χ2v) is 7.13. The summed E-state index contributed by atoms with van der Waals surface area (Å²) < 4.78 is 31.7. The maximum Gasteiger partial charge on any atom is 0.337 e. The molecule has 2 rings (SSSR count). The Kier molecular flexibility index (Phi) is 6.52. The number of carbonyl (C=O) groups excluding carboxylic acids is 1. The number of sulfonamides is 1. The van der Waals surface area contributed by atoms with Crippen molar-refractivity contribution in [2.75, 3.05) is 46.4 Å². The normalized spacial score (nSPS) is 16.2. The second-order valence-electron chi connectivity index (χ2n) is 5.36. The van der Waals surface area contributed by atoms with Crippen LogP contribution in [0.1, 0.15) is 16.8 Å². The molecular formula is C15H23N3O4S. The van der Waals surface area contributed by atoms with Crippen LogP contribution in [-0.2, 0) is 14.8 Å². The van der Waals surface area contributed by atoms with Gasteiger partial charge in [-0.05, 0) is 31.2 Å². The largest absolute Gasteiger partial charge is 0.465 e. The standard InChI is InChI=1S/C15H23N3O4S/c1-22-15(19)13-4-2-5-14(12-13)23(20,21)17-6-3-9-18-10-7-16-8-11-18/h2,4-5,12,16-17H,3,6-11H2,1H3. The average molecular weight is 341 g/mol. The van der Waals surface area contributed by atoms with Crippen molar-refractivity contribution in [3.05, 3.63) is 29.8 Å². The minimum Gasteiger partial charge on any atom is -0.465 e. The third-order valence-electron chi connectivity index (χ3n) is 3.72. The van der Waals surface area contributed by atoms with Crippen LogP contribution in [0.2, 0.25) is 0 Å². The fraction of sp³-hybridized carbons (Fsp3) is 0.533. The van der Waals surface area contributed by atoms with Gasteiger partial charge in [0.1, 0.15) is 0 Å². The van der Waals surface area contributed by atoms with Gasteiger partial charge in [0.15, 0.2) is 0 Å². The van der Waals surface area contributed by atoms with Crippen LogP contribution in [-0.4, -0.2) is 65.7 Å². The molecule has 1 fully saturated rings. The van der Waals surface area contributed by atoms with Gasteiger partial charge in [-0.25, -0.2) is 17.9 Å². The Morgan fingerprint density at radius 2 is 2.09 bits per heavy atom. The van der Waals surface area contributed by atoms with Crippen molar-refractivity contribution in [1.29, 1.82) is 0 Å². The third kappa shape index (κ3) is 5.28. The minimum atomic E-state index is -3.62. The molecule has 0 atom stereocenters. The first-order valence-electron chi connectivity index (χ1n) is 7.64. The Morgan fingerprint density at radius 3 is 2.78 bits per heavy atom. The lowest BCUT2D eigenvalue weighted by molar-refractivity contribution is 0.0600. The predicted octanol–water partition coefficient (Wildman–Crippen LogP) is 0.0468. The zero-order valence-corrected chi connectivity index (χ0v) is 14.1. The molecule has 7 nitrogen and oxygen atoms in total. The van der Waals surface area contributed by atoms with Crippen molar-refractivity contribution in [3.8, 4) is 0 Å². The molecule has 0 saturated carbocycles. The molecule has 0 amide bonds. The van der Waals surface area contributed by atoms with Crippen LogP contribution in [0.3, 0.4) is 0 Å². The second kappa shape index (κ2) is 8.39. The minimum absolute atomic E-state index is 0.0718. The molecule has 1 aliphatic rings. The predicted molar refractivity (Wildman–Crippen MR) is 86.9 cm³/mol. The highest BCUT2D eigenvalue weighted by molar-refractivity contribution is 7.89. The van der Waals surface area contributed by atoms with Gasteiger partial charge in [-0.1, -0.05) is 6.07 Å². The monoisotopic (exact) mass is 341 g/mol. The Balaban J connectivity index is 1.87. The van der Waals surface area contributed by atoms with Gasteiger partial charge in [-0.15, -0.1) is 0 Å².